The Balaban J connectivity index is 1.77. The smallest absolute Gasteiger partial charge is 0.251 e. The molecule has 3 aromatic carbocycles. The van der Waals surface area contributed by atoms with Crippen LogP contribution in [0.1, 0.15) is 33.2 Å². The summed E-state index contributed by atoms with van der Waals surface area (Å²) >= 11 is 0. The molecule has 0 aromatic heterocycles. The number of nitrogens with two attached hydrogens (primary N) is 1. The molecule has 0 spiro atoms. The van der Waals surface area contributed by atoms with Crippen molar-refractivity contribution < 1.29 is 13.2 Å². The van der Waals surface area contributed by atoms with Gasteiger partial charge in [-0.25, -0.2) is 24.4 Å². The largest absolute Gasteiger partial charge is 0.348 e. The zero-order chi connectivity index (χ0) is 22.5. The number of hydrazine groups is 3. The number of carbonyl (C=O) groups excluding carboxylic acids is 1. The van der Waals surface area contributed by atoms with Crippen LogP contribution < -0.4 is 32.4 Å². The number of primary sulfonamides is 1. The van der Waals surface area contributed by atoms with Crippen LogP contribution in [0.25, 0.3) is 22.3 Å². The highest BCUT2D eigenvalue weighted by molar-refractivity contribution is 7.89. The molecule has 0 unspecified atom stereocenters. The lowest BCUT2D eigenvalue weighted by molar-refractivity contribution is 0.0965. The Morgan fingerprint density at radius 2 is 1.56 bits per heavy atom. The van der Waals surface area contributed by atoms with Crippen molar-refractivity contribution in [1.29, 1.82) is 0 Å². The summed E-state index contributed by atoms with van der Waals surface area (Å²) in [6.45, 7) is 2.44. The van der Waals surface area contributed by atoms with Crippen LogP contribution in [0.2, 0.25) is 0 Å². The van der Waals surface area contributed by atoms with E-state index in [0.717, 1.165) is 27.8 Å². The van der Waals surface area contributed by atoms with Gasteiger partial charge in [0.2, 0.25) is 10.0 Å². The van der Waals surface area contributed by atoms with Gasteiger partial charge in [-0.2, -0.15) is 11.1 Å². The molecule has 32 heavy (non-hydrogen) atoms. The number of rotatable bonds is 4. The summed E-state index contributed by atoms with van der Waals surface area (Å²) in [6.07, 6.45) is -0.546. The summed E-state index contributed by atoms with van der Waals surface area (Å²) in [4.78, 5) is 11.9. The minimum atomic E-state index is -4.06. The molecule has 0 atom stereocenters. The molecule has 0 radical (unpaired) electrons. The zero-order valence-corrected chi connectivity index (χ0v) is 18.0. The van der Waals surface area contributed by atoms with Gasteiger partial charge >= 0.3 is 0 Å². The number of carbonyl (C=O) groups is 1. The molecule has 7 N–H and O–H groups in total. The summed E-state index contributed by atoms with van der Waals surface area (Å²) in [5.74, 6) is -0.106. The number of hydrogen-bond acceptors (Lipinski definition) is 7. The average molecular weight is 451 g/mol. The Labute approximate surface area is 185 Å². The molecule has 2 aliphatic rings. The molecule has 10 heteroatoms. The third-order valence-electron chi connectivity index (χ3n) is 5.72. The standard InChI is InChI=1S/C22H22N6O3S/c1-12-2-4-13(5-3-12)18-9-15(14-6-7-17-16(8-14)11-24-22(17)29)10-19(32(23,30)31)20(18)21-25-27-28-26-21/h2-10,21,25-28H,11H2,1H3,(H,24,29)(H2,23,30,31). The topological polar surface area (TPSA) is 137 Å². The van der Waals surface area contributed by atoms with Crippen molar-refractivity contribution in [2.75, 3.05) is 0 Å². The van der Waals surface area contributed by atoms with Gasteiger partial charge in [0.15, 0.2) is 0 Å². The monoisotopic (exact) mass is 450 g/mol. The maximum atomic E-state index is 12.7. The molecule has 0 aliphatic carbocycles. The molecule has 9 nitrogen and oxygen atoms in total. The number of hydrogen-bond donors (Lipinski definition) is 6. The van der Waals surface area contributed by atoms with Crippen molar-refractivity contribution in [2.45, 2.75) is 24.5 Å². The van der Waals surface area contributed by atoms with Gasteiger partial charge in [-0.1, -0.05) is 35.9 Å². The highest BCUT2D eigenvalue weighted by Gasteiger charge is 2.29. The fourth-order valence-electron chi connectivity index (χ4n) is 4.11. The van der Waals surface area contributed by atoms with Crippen molar-refractivity contribution in [1.82, 2.24) is 27.2 Å². The lowest BCUT2D eigenvalue weighted by atomic mass is 9.92. The van der Waals surface area contributed by atoms with Crippen LogP contribution in [-0.4, -0.2) is 14.3 Å². The average Bonchev–Trinajstić information content (AvgIpc) is 3.43. The number of fused-ring (bicyclic) bond motifs is 1. The molecular weight excluding hydrogens is 428 g/mol. The summed E-state index contributed by atoms with van der Waals surface area (Å²) in [7, 11) is -4.06. The quantitative estimate of drug-likeness (QED) is 0.353. The van der Waals surface area contributed by atoms with E-state index < -0.39 is 16.2 Å². The molecule has 164 valence electrons. The van der Waals surface area contributed by atoms with E-state index in [1.807, 2.05) is 49.4 Å². The molecule has 2 heterocycles. The van der Waals surface area contributed by atoms with Crippen molar-refractivity contribution >= 4 is 15.9 Å². The third kappa shape index (κ3) is 3.69. The lowest BCUT2D eigenvalue weighted by Crippen LogP contribution is -2.33. The van der Waals surface area contributed by atoms with Gasteiger partial charge in [-0.3, -0.25) is 4.79 Å². The van der Waals surface area contributed by atoms with Crippen LogP contribution in [0, 0.1) is 6.92 Å². The number of nitrogens with one attached hydrogen (secondary N) is 5. The molecular formula is C22H22N6O3S. The summed E-state index contributed by atoms with van der Waals surface area (Å²) < 4.78 is 25.4. The fourth-order valence-corrected chi connectivity index (χ4v) is 4.93. The van der Waals surface area contributed by atoms with E-state index in [-0.39, 0.29) is 10.8 Å². The minimum Gasteiger partial charge on any atom is -0.348 e. The zero-order valence-electron chi connectivity index (χ0n) is 17.2. The van der Waals surface area contributed by atoms with E-state index in [9.17, 15) is 13.2 Å². The van der Waals surface area contributed by atoms with Gasteiger partial charge in [-0.15, -0.1) is 0 Å². The SMILES string of the molecule is Cc1ccc(-c2cc(-c3ccc4c(c3)CNC4=O)cc(S(N)(=O)=O)c2C2NNNN2)cc1. The van der Waals surface area contributed by atoms with Gasteiger partial charge in [0.25, 0.3) is 5.91 Å². The second kappa shape index (κ2) is 7.78. The molecule has 0 saturated carbocycles. The normalized spacial score (nSPS) is 16.2. The van der Waals surface area contributed by atoms with Gasteiger partial charge < -0.3 is 5.32 Å². The number of sulfonamides is 1. The molecule has 1 amide bonds. The van der Waals surface area contributed by atoms with Gasteiger partial charge in [0, 0.05) is 17.7 Å². The predicted molar refractivity (Wildman–Crippen MR) is 120 cm³/mol. The van der Waals surface area contributed by atoms with Crippen molar-refractivity contribution in [2.24, 2.45) is 5.14 Å². The van der Waals surface area contributed by atoms with Crippen LogP contribution >= 0.6 is 0 Å². The Morgan fingerprint density at radius 1 is 0.875 bits per heavy atom. The molecule has 1 saturated heterocycles. The van der Waals surface area contributed by atoms with E-state index in [1.165, 1.54) is 0 Å². The molecule has 1 fully saturated rings. The molecule has 2 aliphatic heterocycles. The van der Waals surface area contributed by atoms with E-state index >= 15 is 0 Å². The van der Waals surface area contributed by atoms with Crippen LogP contribution in [0.3, 0.4) is 0 Å². The van der Waals surface area contributed by atoms with Gasteiger partial charge in [0.1, 0.15) is 6.17 Å². The van der Waals surface area contributed by atoms with Crippen LogP contribution in [0.15, 0.2) is 59.5 Å². The summed E-state index contributed by atoms with van der Waals surface area (Å²) in [5, 5.41) is 8.48. The van der Waals surface area contributed by atoms with Crippen molar-refractivity contribution in [3.05, 3.63) is 76.9 Å². The van der Waals surface area contributed by atoms with Crippen LogP contribution in [0.4, 0.5) is 0 Å². The first-order valence-corrected chi connectivity index (χ1v) is 11.6. The first kappa shape index (κ1) is 20.8. The lowest BCUT2D eigenvalue weighted by Gasteiger charge is -2.21. The third-order valence-corrected chi connectivity index (χ3v) is 6.67. The number of benzene rings is 3. The maximum absolute atomic E-state index is 12.7. The fraction of sp³-hybridized carbons (Fsp3) is 0.136. The minimum absolute atomic E-state index is 0.00998. The van der Waals surface area contributed by atoms with E-state index in [2.05, 4.69) is 27.2 Å². The highest BCUT2D eigenvalue weighted by atomic mass is 32.2. The van der Waals surface area contributed by atoms with Crippen molar-refractivity contribution in [3.63, 3.8) is 0 Å². The molecule has 3 aromatic rings. The maximum Gasteiger partial charge on any atom is 0.251 e. The predicted octanol–water partition coefficient (Wildman–Crippen LogP) is 1.34. The number of aryl methyl sites for hydroxylation is 1. The molecule has 0 bridgehead atoms. The van der Waals surface area contributed by atoms with E-state index in [0.29, 0.717) is 23.2 Å². The van der Waals surface area contributed by atoms with Crippen LogP contribution in [0.5, 0.6) is 0 Å². The van der Waals surface area contributed by atoms with Gasteiger partial charge in [-0.05, 0) is 59.0 Å². The Bertz CT molecular complexity index is 1330. The second-order valence-corrected chi connectivity index (χ2v) is 9.40. The van der Waals surface area contributed by atoms with Gasteiger partial charge in [0.05, 0.1) is 4.90 Å². The van der Waals surface area contributed by atoms with E-state index in [4.69, 9.17) is 5.14 Å². The Hall–Kier alpha value is -3.12. The molecule has 5 rings (SSSR count). The first-order valence-electron chi connectivity index (χ1n) is 10.0. The summed E-state index contributed by atoms with van der Waals surface area (Å²) in [5.41, 5.74) is 17.5. The summed E-state index contributed by atoms with van der Waals surface area (Å²) in [6, 6.07) is 16.9. The first-order chi connectivity index (χ1) is 15.3. The van der Waals surface area contributed by atoms with Crippen LogP contribution in [-0.2, 0) is 16.6 Å². The van der Waals surface area contributed by atoms with Crippen molar-refractivity contribution in [3.8, 4) is 22.3 Å². The number of amides is 1. The second-order valence-electron chi connectivity index (χ2n) is 7.87. The van der Waals surface area contributed by atoms with E-state index in [1.54, 1.807) is 12.1 Å². The Morgan fingerprint density at radius 3 is 2.25 bits per heavy atom. The highest BCUT2D eigenvalue weighted by Crippen LogP contribution is 2.38. The Kier molecular flexibility index (Phi) is 5.05.